The molecule has 224 valence electrons. The minimum Gasteiger partial charge on any atom is -0.469 e. The molecule has 1 rings (SSSR count). The van der Waals surface area contributed by atoms with Gasteiger partial charge in [0.15, 0.2) is 0 Å². The number of hydrogen-bond donors (Lipinski definition) is 2. The van der Waals surface area contributed by atoms with E-state index in [-0.39, 0.29) is 11.9 Å². The van der Waals surface area contributed by atoms with E-state index in [0.29, 0.717) is 11.6 Å². The highest BCUT2D eigenvalue weighted by atomic mass is 16.5. The topological polar surface area (TPSA) is 67.4 Å². The third kappa shape index (κ3) is 17.8. The summed E-state index contributed by atoms with van der Waals surface area (Å²) in [5, 5.41) is 6.13. The fourth-order valence-corrected chi connectivity index (χ4v) is 3.06. The van der Waals surface area contributed by atoms with E-state index in [1.165, 1.54) is 12.7 Å². The van der Waals surface area contributed by atoms with E-state index in [4.69, 9.17) is 4.74 Å². The Morgan fingerprint density at radius 3 is 1.93 bits per heavy atom. The van der Waals surface area contributed by atoms with Crippen LogP contribution in [0.2, 0.25) is 0 Å². The van der Waals surface area contributed by atoms with E-state index in [1.807, 2.05) is 97.9 Å². The molecule has 0 saturated carbocycles. The molecule has 0 saturated heterocycles. The summed E-state index contributed by atoms with van der Waals surface area (Å²) in [5.41, 5.74) is 3.74. The lowest BCUT2D eigenvalue weighted by molar-refractivity contribution is -0.143. The first-order valence-corrected chi connectivity index (χ1v) is 14.4. The van der Waals surface area contributed by atoms with Crippen molar-refractivity contribution in [1.29, 1.82) is 0 Å². The summed E-state index contributed by atoms with van der Waals surface area (Å²) in [6, 6.07) is 7.33. The Hall–Kier alpha value is -3.60. The second kappa shape index (κ2) is 27.0. The molecule has 1 aromatic rings. The Labute approximate surface area is 245 Å². The van der Waals surface area contributed by atoms with Crippen molar-refractivity contribution in [3.8, 4) is 0 Å². The normalized spacial score (nSPS) is 12.8. The molecule has 2 atom stereocenters. The largest absolute Gasteiger partial charge is 0.469 e. The Kier molecular flexibility index (Phi) is 27.6. The van der Waals surface area contributed by atoms with Crippen molar-refractivity contribution in [3.63, 3.8) is 0 Å². The van der Waals surface area contributed by atoms with Gasteiger partial charge in [-0.15, -0.1) is 0 Å². The van der Waals surface area contributed by atoms with E-state index in [2.05, 4.69) is 31.1 Å². The maximum absolute atomic E-state index is 13.2. The molecule has 0 radical (unpaired) electrons. The van der Waals surface area contributed by atoms with Gasteiger partial charge in [-0.25, -0.2) is 0 Å². The number of allylic oxidation sites excluding steroid dienone is 8. The molecule has 5 nitrogen and oxygen atoms in total. The van der Waals surface area contributed by atoms with Gasteiger partial charge in [0.05, 0.1) is 13.0 Å². The summed E-state index contributed by atoms with van der Waals surface area (Å²) in [6.45, 7) is 25.7. The molecule has 2 N–H and O–H groups in total. The van der Waals surface area contributed by atoms with Gasteiger partial charge in [0.1, 0.15) is 6.04 Å². The van der Waals surface area contributed by atoms with Crippen molar-refractivity contribution in [1.82, 2.24) is 10.6 Å². The first kappa shape index (κ1) is 40.9. The summed E-state index contributed by atoms with van der Waals surface area (Å²) < 4.78 is 4.78. The van der Waals surface area contributed by atoms with Gasteiger partial charge in [0, 0.05) is 11.9 Å². The molecular weight excluding hydrogens is 496 g/mol. The van der Waals surface area contributed by atoms with Crippen LogP contribution in [0.1, 0.15) is 99.2 Å². The highest BCUT2D eigenvalue weighted by Crippen LogP contribution is 2.20. The third-order valence-corrected chi connectivity index (χ3v) is 5.05. The smallest absolute Gasteiger partial charge is 0.312 e. The van der Waals surface area contributed by atoms with Crippen molar-refractivity contribution < 1.29 is 14.3 Å². The fourth-order valence-electron chi connectivity index (χ4n) is 3.06. The minimum atomic E-state index is -0.657. The van der Waals surface area contributed by atoms with Crippen LogP contribution in [0.5, 0.6) is 0 Å². The average Bonchev–Trinajstić information content (AvgIpc) is 2.99. The summed E-state index contributed by atoms with van der Waals surface area (Å²) in [5.74, 6) is -0.578. The maximum Gasteiger partial charge on any atom is 0.312 e. The van der Waals surface area contributed by atoms with Crippen LogP contribution in [0.4, 0.5) is 0 Å². The van der Waals surface area contributed by atoms with Crippen LogP contribution >= 0.6 is 0 Å². The zero-order valence-electron chi connectivity index (χ0n) is 27.2. The van der Waals surface area contributed by atoms with Crippen molar-refractivity contribution >= 4 is 11.9 Å². The number of hydrogen-bond acceptors (Lipinski definition) is 4. The molecular formula is C35H56N2O3. The number of carbonyl (C=O) groups is 2. The fraction of sp³-hybridized carbons (Fsp3) is 0.429. The number of nitrogens with one attached hydrogen (secondary N) is 2. The van der Waals surface area contributed by atoms with Crippen LogP contribution in [0, 0.1) is 5.92 Å². The molecule has 0 aromatic heterocycles. The Balaban J connectivity index is -0.00000213. The number of carbonyl (C=O) groups excluding carboxylic acids is 2. The Morgan fingerprint density at radius 1 is 0.900 bits per heavy atom. The molecule has 0 bridgehead atoms. The van der Waals surface area contributed by atoms with Crippen LogP contribution in [0.25, 0.3) is 0 Å². The van der Waals surface area contributed by atoms with Gasteiger partial charge in [-0.3, -0.25) is 9.59 Å². The van der Waals surface area contributed by atoms with Gasteiger partial charge in [-0.1, -0.05) is 122 Å². The van der Waals surface area contributed by atoms with E-state index >= 15 is 0 Å². The van der Waals surface area contributed by atoms with Crippen LogP contribution in [-0.4, -0.2) is 19.0 Å². The monoisotopic (exact) mass is 552 g/mol. The number of benzene rings is 1. The molecule has 0 spiro atoms. The lowest BCUT2D eigenvalue weighted by Crippen LogP contribution is -2.34. The van der Waals surface area contributed by atoms with Gasteiger partial charge in [0.25, 0.3) is 5.91 Å². The predicted molar refractivity (Wildman–Crippen MR) is 175 cm³/mol. The van der Waals surface area contributed by atoms with Gasteiger partial charge in [-0.2, -0.15) is 0 Å². The molecule has 0 heterocycles. The van der Waals surface area contributed by atoms with Gasteiger partial charge >= 0.3 is 5.97 Å². The van der Waals surface area contributed by atoms with Crippen molar-refractivity contribution in [2.24, 2.45) is 5.92 Å². The molecule has 1 aromatic carbocycles. The molecule has 0 fully saturated rings. The second-order valence-electron chi connectivity index (χ2n) is 8.21. The summed E-state index contributed by atoms with van der Waals surface area (Å²) in [7, 11) is 1.36. The van der Waals surface area contributed by atoms with E-state index in [1.54, 1.807) is 43.5 Å². The molecule has 1 amide bonds. The van der Waals surface area contributed by atoms with Crippen LogP contribution in [0.3, 0.4) is 0 Å². The first-order chi connectivity index (χ1) is 19.2. The quantitative estimate of drug-likeness (QED) is 0.200. The molecule has 2 unspecified atom stereocenters. The molecule has 0 aliphatic heterocycles. The van der Waals surface area contributed by atoms with Gasteiger partial charge < -0.3 is 15.4 Å². The Bertz CT molecular complexity index is 965. The highest BCUT2D eigenvalue weighted by Gasteiger charge is 2.20. The molecule has 40 heavy (non-hydrogen) atoms. The van der Waals surface area contributed by atoms with Crippen molar-refractivity contribution in [2.75, 3.05) is 7.11 Å². The third-order valence-electron chi connectivity index (χ3n) is 5.05. The number of amides is 1. The number of ether oxygens (including phenoxy) is 1. The van der Waals surface area contributed by atoms with Crippen LogP contribution in [-0.2, 0) is 14.3 Å². The summed E-state index contributed by atoms with van der Waals surface area (Å²) >= 11 is 0. The van der Waals surface area contributed by atoms with Crippen LogP contribution < -0.4 is 10.6 Å². The van der Waals surface area contributed by atoms with E-state index < -0.39 is 12.0 Å². The van der Waals surface area contributed by atoms with E-state index in [9.17, 15) is 9.59 Å². The zero-order chi connectivity index (χ0) is 31.5. The van der Waals surface area contributed by atoms with Crippen molar-refractivity contribution in [2.45, 2.75) is 88.1 Å². The Morgan fingerprint density at radius 2 is 1.45 bits per heavy atom. The average molecular weight is 553 g/mol. The summed E-state index contributed by atoms with van der Waals surface area (Å²) in [6.07, 6.45) is 16.1. The first-order valence-electron chi connectivity index (χ1n) is 14.4. The maximum atomic E-state index is 13.2. The highest BCUT2D eigenvalue weighted by molar-refractivity contribution is 5.84. The van der Waals surface area contributed by atoms with Gasteiger partial charge in [-0.05, 0) is 56.0 Å². The zero-order valence-corrected chi connectivity index (χ0v) is 27.2. The predicted octanol–water partition coefficient (Wildman–Crippen LogP) is 9.11. The SMILES string of the molecule is C=C/C=C(\C=C/C(C)C(=O)OC)NC(C(=O)N/C=C/C=C(C)\C=C/C)c1ccc(C(C)C)cc1.CC.CC.CC. The standard InChI is InChI=1S/C29H38N2O3.3C2H6/c1-8-11-22(5)13-10-20-30-28(32)27(25-17-15-24(16-18-25)21(3)4)31-26(12-9-2)19-14-23(6)29(33)34-7;3*1-2/h8-21,23,27,31H,2H2,1,3-7H3,(H,30,32);3*1-2H3/b11-8-,19-14-,20-10+,22-13-,26-12+;;;. The molecule has 5 heteroatoms. The van der Waals surface area contributed by atoms with E-state index in [0.717, 1.165) is 11.1 Å². The van der Waals surface area contributed by atoms with Crippen molar-refractivity contribution in [3.05, 3.63) is 108 Å². The number of methoxy groups -OCH3 is 1. The number of rotatable bonds is 12. The minimum absolute atomic E-state index is 0.213. The molecule has 0 aliphatic rings. The second-order valence-corrected chi connectivity index (χ2v) is 8.21. The van der Waals surface area contributed by atoms with Gasteiger partial charge in [0.2, 0.25) is 0 Å². The van der Waals surface area contributed by atoms with Crippen LogP contribution in [0.15, 0.2) is 96.9 Å². The lowest BCUT2D eigenvalue weighted by atomic mass is 9.98. The summed E-state index contributed by atoms with van der Waals surface area (Å²) in [4.78, 5) is 24.9. The molecule has 0 aliphatic carbocycles. The lowest BCUT2D eigenvalue weighted by Gasteiger charge is -2.20. The number of esters is 1.